The fourth-order valence-electron chi connectivity index (χ4n) is 2.46. The van der Waals surface area contributed by atoms with E-state index in [4.69, 9.17) is 0 Å². The molecular formula is C14H19N3S2. The summed E-state index contributed by atoms with van der Waals surface area (Å²) in [5.41, 5.74) is 2.33. The zero-order chi connectivity index (χ0) is 13.1. The van der Waals surface area contributed by atoms with Crippen LogP contribution in [-0.2, 0) is 0 Å². The Kier molecular flexibility index (Phi) is 4.25. The van der Waals surface area contributed by atoms with Gasteiger partial charge in [0.05, 0.1) is 10.2 Å². The highest BCUT2D eigenvalue weighted by Crippen LogP contribution is 2.30. The summed E-state index contributed by atoms with van der Waals surface area (Å²) in [5.74, 6) is 0.757. The smallest absolute Gasteiger partial charge is 0.150 e. The number of nitrogens with one attached hydrogen (secondary N) is 2. The molecule has 2 N–H and O–H groups in total. The maximum absolute atomic E-state index is 4.57. The maximum Gasteiger partial charge on any atom is 0.150 e. The number of fused-ring (bicyclic) bond motifs is 1. The van der Waals surface area contributed by atoms with Crippen LogP contribution in [0.25, 0.3) is 10.2 Å². The quantitative estimate of drug-likeness (QED) is 0.847. The molecule has 0 amide bonds. The van der Waals surface area contributed by atoms with Gasteiger partial charge in [-0.15, -0.1) is 11.3 Å². The highest BCUT2D eigenvalue weighted by molar-refractivity contribution is 8.00. The summed E-state index contributed by atoms with van der Waals surface area (Å²) in [6, 6.07) is 6.48. The van der Waals surface area contributed by atoms with Gasteiger partial charge < -0.3 is 10.6 Å². The van der Waals surface area contributed by atoms with Crippen molar-refractivity contribution < 1.29 is 0 Å². The van der Waals surface area contributed by atoms with E-state index in [0.29, 0.717) is 0 Å². The number of nitrogens with zero attached hydrogens (tertiary/aromatic N) is 1. The first-order valence-corrected chi connectivity index (χ1v) is 8.78. The molecule has 3 rings (SSSR count). The Bertz CT molecular complexity index is 547. The maximum atomic E-state index is 4.57. The molecule has 1 aromatic heterocycles. The molecule has 19 heavy (non-hydrogen) atoms. The van der Waals surface area contributed by atoms with Crippen LogP contribution in [0.1, 0.15) is 12.8 Å². The van der Waals surface area contributed by atoms with Crippen molar-refractivity contribution in [1.29, 1.82) is 0 Å². The van der Waals surface area contributed by atoms with Gasteiger partial charge in [-0.1, -0.05) is 11.8 Å². The molecule has 1 aliphatic heterocycles. The minimum atomic E-state index is 0.757. The largest absolute Gasteiger partial charge is 0.385 e. The van der Waals surface area contributed by atoms with Crippen LogP contribution < -0.4 is 10.6 Å². The SMILES string of the molecule is CSc1nc2ccc(NCC3CCCNC3)cc2s1. The van der Waals surface area contributed by atoms with Crippen LogP contribution in [0.2, 0.25) is 0 Å². The van der Waals surface area contributed by atoms with Crippen molar-refractivity contribution in [1.82, 2.24) is 10.3 Å². The van der Waals surface area contributed by atoms with Crippen LogP contribution in [0.5, 0.6) is 0 Å². The lowest BCUT2D eigenvalue weighted by Gasteiger charge is -2.23. The van der Waals surface area contributed by atoms with E-state index in [0.717, 1.165) is 28.9 Å². The first-order valence-electron chi connectivity index (χ1n) is 6.74. The van der Waals surface area contributed by atoms with Gasteiger partial charge in [0.1, 0.15) is 0 Å². The second kappa shape index (κ2) is 6.11. The van der Waals surface area contributed by atoms with Gasteiger partial charge in [0.25, 0.3) is 0 Å². The number of aromatic nitrogens is 1. The summed E-state index contributed by atoms with van der Waals surface area (Å²) >= 11 is 3.49. The number of anilines is 1. The van der Waals surface area contributed by atoms with Gasteiger partial charge in [0, 0.05) is 12.2 Å². The average Bonchev–Trinajstić information content (AvgIpc) is 2.88. The Hall–Kier alpha value is -0.780. The van der Waals surface area contributed by atoms with E-state index in [1.165, 1.54) is 29.8 Å². The van der Waals surface area contributed by atoms with E-state index in [2.05, 4.69) is 40.1 Å². The standard InChI is InChI=1S/C14H19N3S2/c1-18-14-17-12-5-4-11(7-13(12)19-14)16-9-10-3-2-6-15-8-10/h4-5,7,10,15-16H,2-3,6,8-9H2,1H3. The van der Waals surface area contributed by atoms with Gasteiger partial charge in [0.2, 0.25) is 0 Å². The fraction of sp³-hybridized carbons (Fsp3) is 0.500. The van der Waals surface area contributed by atoms with Crippen LogP contribution in [0, 0.1) is 5.92 Å². The predicted molar refractivity (Wildman–Crippen MR) is 85.5 cm³/mol. The second-order valence-corrected chi connectivity index (χ2v) is 7.04. The Morgan fingerprint density at radius 2 is 2.47 bits per heavy atom. The molecule has 0 spiro atoms. The van der Waals surface area contributed by atoms with E-state index < -0.39 is 0 Å². The monoisotopic (exact) mass is 293 g/mol. The van der Waals surface area contributed by atoms with E-state index in [1.54, 1.807) is 23.1 Å². The summed E-state index contributed by atoms with van der Waals surface area (Å²) in [4.78, 5) is 4.57. The number of hydrogen-bond donors (Lipinski definition) is 2. The summed E-state index contributed by atoms with van der Waals surface area (Å²) < 4.78 is 2.42. The first kappa shape index (κ1) is 13.2. The van der Waals surface area contributed by atoms with Gasteiger partial charge in [-0.05, 0) is 56.3 Å². The third-order valence-corrected chi connectivity index (χ3v) is 5.54. The molecule has 1 atom stereocenters. The van der Waals surface area contributed by atoms with Crippen molar-refractivity contribution in [2.45, 2.75) is 17.2 Å². The van der Waals surface area contributed by atoms with Crippen molar-refractivity contribution in [3.05, 3.63) is 18.2 Å². The molecular weight excluding hydrogens is 274 g/mol. The lowest BCUT2D eigenvalue weighted by atomic mass is 10.00. The molecule has 0 aliphatic carbocycles. The minimum Gasteiger partial charge on any atom is -0.385 e. The zero-order valence-corrected chi connectivity index (χ0v) is 12.7. The number of piperidine rings is 1. The van der Waals surface area contributed by atoms with Crippen molar-refractivity contribution in [2.75, 3.05) is 31.2 Å². The third kappa shape index (κ3) is 3.22. The molecule has 3 nitrogen and oxygen atoms in total. The molecule has 0 saturated carbocycles. The third-order valence-electron chi connectivity index (χ3n) is 3.54. The summed E-state index contributed by atoms with van der Waals surface area (Å²) in [6.45, 7) is 3.39. The first-order chi connectivity index (χ1) is 9.35. The van der Waals surface area contributed by atoms with Crippen molar-refractivity contribution in [2.24, 2.45) is 5.92 Å². The van der Waals surface area contributed by atoms with Gasteiger partial charge in [0.15, 0.2) is 4.34 Å². The molecule has 1 unspecified atom stereocenters. The topological polar surface area (TPSA) is 37.0 Å². The fourth-order valence-corrected chi connectivity index (χ4v) is 3.99. The molecule has 0 radical (unpaired) electrons. The zero-order valence-electron chi connectivity index (χ0n) is 11.1. The van der Waals surface area contributed by atoms with Crippen molar-refractivity contribution in [3.8, 4) is 0 Å². The molecule has 1 aromatic carbocycles. The number of thiazole rings is 1. The number of benzene rings is 1. The lowest BCUT2D eigenvalue weighted by Crippen LogP contribution is -2.33. The normalized spacial score (nSPS) is 19.7. The minimum absolute atomic E-state index is 0.757. The molecule has 2 aromatic rings. The van der Waals surface area contributed by atoms with Crippen LogP contribution >= 0.6 is 23.1 Å². The van der Waals surface area contributed by atoms with E-state index >= 15 is 0 Å². The summed E-state index contributed by atoms with van der Waals surface area (Å²) in [5, 5.41) is 7.03. The summed E-state index contributed by atoms with van der Waals surface area (Å²) in [7, 11) is 0. The molecule has 1 aliphatic rings. The van der Waals surface area contributed by atoms with E-state index in [-0.39, 0.29) is 0 Å². The molecule has 5 heteroatoms. The molecule has 1 saturated heterocycles. The van der Waals surface area contributed by atoms with Gasteiger partial charge in [-0.25, -0.2) is 4.98 Å². The van der Waals surface area contributed by atoms with Gasteiger partial charge >= 0.3 is 0 Å². The Balaban J connectivity index is 1.66. The van der Waals surface area contributed by atoms with Crippen LogP contribution in [0.15, 0.2) is 22.5 Å². The van der Waals surface area contributed by atoms with Crippen molar-refractivity contribution in [3.63, 3.8) is 0 Å². The average molecular weight is 293 g/mol. The highest BCUT2D eigenvalue weighted by Gasteiger charge is 2.12. The Morgan fingerprint density at radius 3 is 3.26 bits per heavy atom. The van der Waals surface area contributed by atoms with Gasteiger partial charge in [-0.2, -0.15) is 0 Å². The molecule has 1 fully saturated rings. The van der Waals surface area contributed by atoms with Gasteiger partial charge in [-0.3, -0.25) is 0 Å². The molecule has 2 heterocycles. The Morgan fingerprint density at radius 1 is 1.53 bits per heavy atom. The lowest BCUT2D eigenvalue weighted by molar-refractivity contribution is 0.393. The second-order valence-electron chi connectivity index (χ2n) is 4.96. The van der Waals surface area contributed by atoms with Crippen molar-refractivity contribution >= 4 is 39.0 Å². The number of thioether (sulfide) groups is 1. The van der Waals surface area contributed by atoms with E-state index in [9.17, 15) is 0 Å². The van der Waals surface area contributed by atoms with Crippen LogP contribution in [-0.4, -0.2) is 30.9 Å². The predicted octanol–water partition coefficient (Wildman–Crippen LogP) is 3.43. The van der Waals surface area contributed by atoms with E-state index in [1.807, 2.05) is 0 Å². The summed E-state index contributed by atoms with van der Waals surface area (Å²) in [6.07, 6.45) is 4.71. The number of rotatable bonds is 4. The van der Waals surface area contributed by atoms with Crippen LogP contribution in [0.4, 0.5) is 5.69 Å². The Labute approximate surface area is 122 Å². The number of hydrogen-bond acceptors (Lipinski definition) is 5. The molecule has 102 valence electrons. The van der Waals surface area contributed by atoms with Crippen LogP contribution in [0.3, 0.4) is 0 Å². The highest BCUT2D eigenvalue weighted by atomic mass is 32.2. The molecule has 0 bridgehead atoms.